The van der Waals surface area contributed by atoms with Gasteiger partial charge in [0.25, 0.3) is 5.91 Å². The molecule has 0 saturated carbocycles. The first kappa shape index (κ1) is 19.8. The summed E-state index contributed by atoms with van der Waals surface area (Å²) in [4.78, 5) is 25.5. The summed E-state index contributed by atoms with van der Waals surface area (Å²) in [7, 11) is 0. The van der Waals surface area contributed by atoms with E-state index < -0.39 is 5.91 Å². The van der Waals surface area contributed by atoms with E-state index in [0.29, 0.717) is 19.0 Å². The van der Waals surface area contributed by atoms with Crippen LogP contribution in [0.5, 0.6) is 17.2 Å². The number of hydrogen-bond donors (Lipinski definition) is 1. The van der Waals surface area contributed by atoms with Gasteiger partial charge in [0.15, 0.2) is 18.1 Å². The lowest BCUT2D eigenvalue weighted by Crippen LogP contribution is -2.29. The van der Waals surface area contributed by atoms with Crippen LogP contribution in [0, 0.1) is 0 Å². The largest absolute Gasteiger partial charge is 0.486 e. The maximum atomic E-state index is 12.8. The van der Waals surface area contributed by atoms with Gasteiger partial charge in [-0.3, -0.25) is 9.59 Å². The summed E-state index contributed by atoms with van der Waals surface area (Å²) in [5.41, 5.74) is 7.00. The third kappa shape index (κ3) is 4.56. The van der Waals surface area contributed by atoms with E-state index in [4.69, 9.17) is 19.9 Å². The van der Waals surface area contributed by atoms with E-state index in [9.17, 15) is 9.59 Å². The summed E-state index contributed by atoms with van der Waals surface area (Å²) >= 11 is 0. The number of carbonyl (C=O) groups excluding carboxylic acids is 2. The molecule has 0 bridgehead atoms. The number of likely N-dealkylation sites (tertiary alicyclic amines) is 1. The van der Waals surface area contributed by atoms with Crippen molar-refractivity contribution < 1.29 is 23.8 Å². The van der Waals surface area contributed by atoms with Crippen molar-refractivity contribution in [2.45, 2.75) is 18.9 Å². The standard InChI is InChI=1S/C23H24N2O5/c24-22(26)15-30-18-7-3-16(4-8-18)5-10-23(27)25-11-1-2-19(25)17-6-9-20-21(14-17)29-13-12-28-20/h3-10,14,19H,1-2,11-13,15H2,(H2,24,26)/b10-5+/t19-/m1/s1. The lowest BCUT2D eigenvalue weighted by Gasteiger charge is -2.26. The smallest absolute Gasteiger partial charge is 0.255 e. The Kier molecular flexibility index (Phi) is 5.88. The molecular weight excluding hydrogens is 384 g/mol. The number of nitrogens with zero attached hydrogens (tertiary/aromatic N) is 1. The van der Waals surface area contributed by atoms with Gasteiger partial charge in [-0.2, -0.15) is 0 Å². The van der Waals surface area contributed by atoms with Gasteiger partial charge < -0.3 is 24.8 Å². The average molecular weight is 408 g/mol. The second-order valence-electron chi connectivity index (χ2n) is 7.25. The van der Waals surface area contributed by atoms with Crippen LogP contribution >= 0.6 is 0 Å². The first-order valence-electron chi connectivity index (χ1n) is 9.99. The number of ether oxygens (including phenoxy) is 3. The molecule has 2 amide bonds. The number of primary amides is 1. The number of benzene rings is 2. The second-order valence-corrected chi connectivity index (χ2v) is 7.25. The molecule has 0 aromatic heterocycles. The minimum absolute atomic E-state index is 0.0264. The third-order valence-corrected chi connectivity index (χ3v) is 5.17. The summed E-state index contributed by atoms with van der Waals surface area (Å²) in [6, 6.07) is 13.1. The summed E-state index contributed by atoms with van der Waals surface area (Å²) in [6.45, 7) is 1.66. The number of fused-ring (bicyclic) bond motifs is 1. The maximum absolute atomic E-state index is 12.8. The molecule has 2 heterocycles. The molecular formula is C23H24N2O5. The van der Waals surface area contributed by atoms with Crippen molar-refractivity contribution in [3.8, 4) is 17.2 Å². The van der Waals surface area contributed by atoms with Crippen LogP contribution in [0.3, 0.4) is 0 Å². The van der Waals surface area contributed by atoms with Gasteiger partial charge in [0.1, 0.15) is 19.0 Å². The first-order valence-corrected chi connectivity index (χ1v) is 9.99. The molecule has 4 rings (SSSR count). The van der Waals surface area contributed by atoms with E-state index in [1.165, 1.54) is 0 Å². The van der Waals surface area contributed by atoms with Crippen LogP contribution in [0.4, 0.5) is 0 Å². The molecule has 2 aliphatic heterocycles. The molecule has 156 valence electrons. The summed E-state index contributed by atoms with van der Waals surface area (Å²) < 4.78 is 16.5. The van der Waals surface area contributed by atoms with E-state index >= 15 is 0 Å². The average Bonchev–Trinajstić information content (AvgIpc) is 3.26. The molecule has 2 aliphatic rings. The summed E-state index contributed by atoms with van der Waals surface area (Å²) in [5, 5.41) is 0. The van der Waals surface area contributed by atoms with Gasteiger partial charge in [0.2, 0.25) is 5.91 Å². The van der Waals surface area contributed by atoms with Crippen molar-refractivity contribution in [3.63, 3.8) is 0 Å². The normalized spacial score (nSPS) is 17.9. The number of rotatable bonds is 6. The van der Waals surface area contributed by atoms with E-state index in [1.807, 2.05) is 35.2 Å². The Balaban J connectivity index is 1.42. The van der Waals surface area contributed by atoms with Gasteiger partial charge in [0.05, 0.1) is 6.04 Å². The zero-order chi connectivity index (χ0) is 20.9. The van der Waals surface area contributed by atoms with Crippen LogP contribution < -0.4 is 19.9 Å². The van der Waals surface area contributed by atoms with Crippen LogP contribution in [0.2, 0.25) is 0 Å². The fraction of sp³-hybridized carbons (Fsp3) is 0.304. The van der Waals surface area contributed by atoms with Gasteiger partial charge in [0, 0.05) is 12.6 Å². The third-order valence-electron chi connectivity index (χ3n) is 5.17. The Hall–Kier alpha value is -3.48. The molecule has 1 atom stereocenters. The number of nitrogens with two attached hydrogens (primary N) is 1. The van der Waals surface area contributed by atoms with Crippen molar-refractivity contribution in [1.29, 1.82) is 0 Å². The molecule has 1 fully saturated rings. The monoisotopic (exact) mass is 408 g/mol. The van der Waals surface area contributed by atoms with Crippen LogP contribution in [-0.4, -0.2) is 43.1 Å². The molecule has 0 radical (unpaired) electrons. The Morgan fingerprint density at radius 1 is 1.10 bits per heavy atom. The van der Waals surface area contributed by atoms with Crippen molar-refractivity contribution in [2.75, 3.05) is 26.4 Å². The fourth-order valence-corrected chi connectivity index (χ4v) is 3.74. The van der Waals surface area contributed by atoms with Gasteiger partial charge in [-0.1, -0.05) is 18.2 Å². The topological polar surface area (TPSA) is 91.1 Å². The SMILES string of the molecule is NC(=O)COc1ccc(/C=C/C(=O)N2CCC[C@@H]2c2ccc3c(c2)OCCO3)cc1. The Bertz CT molecular complexity index is 955. The molecule has 2 N–H and O–H groups in total. The van der Waals surface area contributed by atoms with Crippen LogP contribution in [-0.2, 0) is 9.59 Å². The molecule has 7 nitrogen and oxygen atoms in total. The van der Waals surface area contributed by atoms with E-state index in [1.54, 1.807) is 24.3 Å². The number of carbonyl (C=O) groups is 2. The highest BCUT2D eigenvalue weighted by molar-refractivity contribution is 5.92. The van der Waals surface area contributed by atoms with Crippen LogP contribution in [0.15, 0.2) is 48.5 Å². The summed E-state index contributed by atoms with van der Waals surface area (Å²) in [5.74, 6) is 1.50. The van der Waals surface area contributed by atoms with Crippen molar-refractivity contribution in [2.24, 2.45) is 5.73 Å². The highest BCUT2D eigenvalue weighted by Gasteiger charge is 2.29. The fourth-order valence-electron chi connectivity index (χ4n) is 3.74. The summed E-state index contributed by atoms with van der Waals surface area (Å²) in [6.07, 6.45) is 5.25. The van der Waals surface area contributed by atoms with Gasteiger partial charge in [-0.25, -0.2) is 0 Å². The highest BCUT2D eigenvalue weighted by Crippen LogP contribution is 2.38. The second kappa shape index (κ2) is 8.90. The Morgan fingerprint density at radius 3 is 2.63 bits per heavy atom. The Labute approximate surface area is 175 Å². The molecule has 1 saturated heterocycles. The highest BCUT2D eigenvalue weighted by atomic mass is 16.6. The van der Waals surface area contributed by atoms with E-state index in [-0.39, 0.29) is 18.6 Å². The van der Waals surface area contributed by atoms with Gasteiger partial charge >= 0.3 is 0 Å². The molecule has 7 heteroatoms. The molecule has 0 aliphatic carbocycles. The zero-order valence-corrected chi connectivity index (χ0v) is 16.6. The lowest BCUT2D eigenvalue weighted by molar-refractivity contribution is -0.126. The quantitative estimate of drug-likeness (QED) is 0.742. The number of amides is 2. The molecule has 30 heavy (non-hydrogen) atoms. The zero-order valence-electron chi connectivity index (χ0n) is 16.6. The molecule has 2 aromatic rings. The predicted molar refractivity (Wildman–Crippen MR) is 111 cm³/mol. The van der Waals surface area contributed by atoms with Crippen LogP contribution in [0.25, 0.3) is 6.08 Å². The van der Waals surface area contributed by atoms with Crippen molar-refractivity contribution in [1.82, 2.24) is 4.90 Å². The minimum Gasteiger partial charge on any atom is -0.486 e. The maximum Gasteiger partial charge on any atom is 0.255 e. The van der Waals surface area contributed by atoms with Gasteiger partial charge in [-0.05, 0) is 54.3 Å². The lowest BCUT2D eigenvalue weighted by atomic mass is 10.0. The van der Waals surface area contributed by atoms with Gasteiger partial charge in [-0.15, -0.1) is 0 Å². The van der Waals surface area contributed by atoms with E-state index in [0.717, 1.165) is 42.0 Å². The van der Waals surface area contributed by atoms with Crippen LogP contribution in [0.1, 0.15) is 30.0 Å². The van der Waals surface area contributed by atoms with Crippen molar-refractivity contribution in [3.05, 3.63) is 59.7 Å². The Morgan fingerprint density at radius 2 is 1.87 bits per heavy atom. The van der Waals surface area contributed by atoms with Crippen molar-refractivity contribution >= 4 is 17.9 Å². The molecule has 0 unspecified atom stereocenters. The van der Waals surface area contributed by atoms with E-state index in [2.05, 4.69) is 0 Å². The molecule has 0 spiro atoms. The first-order chi connectivity index (χ1) is 14.6. The number of hydrogen-bond acceptors (Lipinski definition) is 5. The minimum atomic E-state index is -0.525. The predicted octanol–water partition coefficient (Wildman–Crippen LogP) is 2.70. The molecule has 2 aromatic carbocycles.